The number of nitrogens with one attached hydrogen (secondary N) is 1. The molecule has 0 radical (unpaired) electrons. The SMILES string of the molecule is Cc1oc(-c2ccccc2)nc1CC(=O)N(C)CCC(=O)NC1CC1. The van der Waals surface area contributed by atoms with Crippen LogP contribution >= 0.6 is 0 Å². The number of benzene rings is 1. The quantitative estimate of drug-likeness (QED) is 0.838. The molecule has 1 N–H and O–H groups in total. The minimum absolute atomic E-state index is 0.00568. The Kier molecular flexibility index (Phi) is 5.16. The second kappa shape index (κ2) is 7.51. The van der Waals surface area contributed by atoms with Crippen molar-refractivity contribution in [3.05, 3.63) is 41.8 Å². The number of hydrogen-bond donors (Lipinski definition) is 1. The van der Waals surface area contributed by atoms with Gasteiger partial charge in [0.25, 0.3) is 0 Å². The van der Waals surface area contributed by atoms with Gasteiger partial charge in [0.2, 0.25) is 17.7 Å². The molecule has 1 aliphatic carbocycles. The van der Waals surface area contributed by atoms with Crippen LogP contribution < -0.4 is 5.32 Å². The van der Waals surface area contributed by atoms with Crippen molar-refractivity contribution in [3.63, 3.8) is 0 Å². The van der Waals surface area contributed by atoms with E-state index in [-0.39, 0.29) is 18.2 Å². The number of aromatic nitrogens is 1. The maximum Gasteiger partial charge on any atom is 0.228 e. The molecule has 6 heteroatoms. The molecule has 0 bridgehead atoms. The number of carbonyl (C=O) groups is 2. The van der Waals surface area contributed by atoms with Crippen LogP contribution in [0.2, 0.25) is 0 Å². The zero-order valence-electron chi connectivity index (χ0n) is 14.6. The Balaban J connectivity index is 1.55. The largest absolute Gasteiger partial charge is 0.441 e. The average molecular weight is 341 g/mol. The number of rotatable bonds is 7. The maximum absolute atomic E-state index is 12.4. The fraction of sp³-hybridized carbons (Fsp3) is 0.421. The van der Waals surface area contributed by atoms with Crippen LogP contribution in [0.4, 0.5) is 0 Å². The molecule has 1 fully saturated rings. The third kappa shape index (κ3) is 4.68. The molecule has 3 rings (SSSR count). The minimum Gasteiger partial charge on any atom is -0.441 e. The van der Waals surface area contributed by atoms with Gasteiger partial charge in [-0.25, -0.2) is 4.98 Å². The second-order valence-electron chi connectivity index (χ2n) is 6.47. The molecule has 0 saturated heterocycles. The summed E-state index contributed by atoms with van der Waals surface area (Å²) in [5.74, 6) is 1.10. The standard InChI is InChI=1S/C19H23N3O3/c1-13-16(21-19(25-13)14-6-4-3-5-7-14)12-18(24)22(2)11-10-17(23)20-15-8-9-15/h3-7,15H,8-12H2,1-2H3,(H,20,23). The van der Waals surface area contributed by atoms with E-state index in [1.807, 2.05) is 37.3 Å². The Bertz CT molecular complexity index is 751. The summed E-state index contributed by atoms with van der Waals surface area (Å²) in [7, 11) is 1.71. The summed E-state index contributed by atoms with van der Waals surface area (Å²) in [5, 5.41) is 2.92. The van der Waals surface area contributed by atoms with Crippen LogP contribution in [0.1, 0.15) is 30.7 Å². The van der Waals surface area contributed by atoms with Crippen molar-refractivity contribution in [1.82, 2.24) is 15.2 Å². The van der Waals surface area contributed by atoms with E-state index in [4.69, 9.17) is 4.42 Å². The van der Waals surface area contributed by atoms with Crippen LogP contribution in [-0.2, 0) is 16.0 Å². The van der Waals surface area contributed by atoms with Crippen LogP contribution in [0.15, 0.2) is 34.7 Å². The summed E-state index contributed by atoms with van der Waals surface area (Å²) >= 11 is 0. The van der Waals surface area contributed by atoms with Crippen LogP contribution in [0.25, 0.3) is 11.5 Å². The molecule has 6 nitrogen and oxygen atoms in total. The monoisotopic (exact) mass is 341 g/mol. The third-order valence-electron chi connectivity index (χ3n) is 4.27. The normalized spacial score (nSPS) is 13.5. The lowest BCUT2D eigenvalue weighted by Gasteiger charge is -2.16. The van der Waals surface area contributed by atoms with Crippen LogP contribution in [0.3, 0.4) is 0 Å². The van der Waals surface area contributed by atoms with Crippen molar-refractivity contribution < 1.29 is 14.0 Å². The van der Waals surface area contributed by atoms with Gasteiger partial charge in [0.1, 0.15) is 5.76 Å². The van der Waals surface area contributed by atoms with Gasteiger partial charge in [0, 0.05) is 31.6 Å². The summed E-state index contributed by atoms with van der Waals surface area (Å²) < 4.78 is 5.68. The van der Waals surface area contributed by atoms with E-state index in [0.717, 1.165) is 18.4 Å². The molecular formula is C19H23N3O3. The van der Waals surface area contributed by atoms with Crippen molar-refractivity contribution in [1.29, 1.82) is 0 Å². The molecule has 132 valence electrons. The highest BCUT2D eigenvalue weighted by Gasteiger charge is 2.23. The summed E-state index contributed by atoms with van der Waals surface area (Å²) in [6.07, 6.45) is 2.63. The molecular weight excluding hydrogens is 318 g/mol. The fourth-order valence-corrected chi connectivity index (χ4v) is 2.50. The smallest absolute Gasteiger partial charge is 0.228 e. The van der Waals surface area contributed by atoms with Gasteiger partial charge in [-0.05, 0) is 31.9 Å². The molecule has 0 atom stereocenters. The van der Waals surface area contributed by atoms with E-state index in [1.165, 1.54) is 0 Å². The van der Waals surface area contributed by atoms with Gasteiger partial charge < -0.3 is 14.6 Å². The predicted molar refractivity (Wildman–Crippen MR) is 93.8 cm³/mol. The van der Waals surface area contributed by atoms with Gasteiger partial charge >= 0.3 is 0 Å². The number of hydrogen-bond acceptors (Lipinski definition) is 4. The highest BCUT2D eigenvalue weighted by molar-refractivity contribution is 5.80. The molecule has 0 unspecified atom stereocenters. The lowest BCUT2D eigenvalue weighted by Crippen LogP contribution is -2.34. The van der Waals surface area contributed by atoms with E-state index in [1.54, 1.807) is 11.9 Å². The van der Waals surface area contributed by atoms with Gasteiger partial charge in [-0.2, -0.15) is 0 Å². The van der Waals surface area contributed by atoms with Crippen molar-refractivity contribution >= 4 is 11.8 Å². The zero-order chi connectivity index (χ0) is 17.8. The van der Waals surface area contributed by atoms with Gasteiger partial charge in [-0.3, -0.25) is 9.59 Å². The number of aryl methyl sites for hydroxylation is 1. The van der Waals surface area contributed by atoms with E-state index >= 15 is 0 Å². The van der Waals surface area contributed by atoms with E-state index in [0.29, 0.717) is 36.4 Å². The third-order valence-corrected chi connectivity index (χ3v) is 4.27. The molecule has 2 aromatic rings. The van der Waals surface area contributed by atoms with Gasteiger partial charge in [0.15, 0.2) is 0 Å². The molecule has 1 aromatic carbocycles. The second-order valence-corrected chi connectivity index (χ2v) is 6.47. The average Bonchev–Trinajstić information content (AvgIpc) is 3.35. The Morgan fingerprint density at radius 1 is 1.28 bits per heavy atom. The Morgan fingerprint density at radius 3 is 2.68 bits per heavy atom. The first-order valence-electron chi connectivity index (χ1n) is 8.58. The maximum atomic E-state index is 12.4. The number of oxazole rings is 1. The highest BCUT2D eigenvalue weighted by Crippen LogP contribution is 2.22. The lowest BCUT2D eigenvalue weighted by molar-refractivity contribution is -0.130. The Morgan fingerprint density at radius 2 is 2.00 bits per heavy atom. The summed E-state index contributed by atoms with van der Waals surface area (Å²) in [6.45, 7) is 2.21. The van der Waals surface area contributed by atoms with Crippen molar-refractivity contribution in [2.24, 2.45) is 0 Å². The molecule has 1 saturated carbocycles. The van der Waals surface area contributed by atoms with Crippen LogP contribution in [-0.4, -0.2) is 41.3 Å². The summed E-state index contributed by atoms with van der Waals surface area (Å²) in [5.41, 5.74) is 1.52. The Labute approximate surface area is 147 Å². The molecule has 2 amide bonds. The van der Waals surface area contributed by atoms with E-state index in [9.17, 15) is 9.59 Å². The number of nitrogens with zero attached hydrogens (tertiary/aromatic N) is 2. The molecule has 0 aliphatic heterocycles. The van der Waals surface area contributed by atoms with Gasteiger partial charge in [-0.1, -0.05) is 18.2 Å². The molecule has 1 aromatic heterocycles. The highest BCUT2D eigenvalue weighted by atomic mass is 16.4. The topological polar surface area (TPSA) is 75.4 Å². The zero-order valence-corrected chi connectivity index (χ0v) is 14.6. The predicted octanol–water partition coefficient (Wildman–Crippen LogP) is 2.32. The fourth-order valence-electron chi connectivity index (χ4n) is 2.50. The minimum atomic E-state index is -0.0739. The first-order chi connectivity index (χ1) is 12.0. The number of carbonyl (C=O) groups excluding carboxylic acids is 2. The van der Waals surface area contributed by atoms with E-state index < -0.39 is 0 Å². The van der Waals surface area contributed by atoms with Gasteiger partial charge in [0.05, 0.1) is 12.1 Å². The number of likely N-dealkylation sites (N-methyl/N-ethyl adjacent to an activating group) is 1. The van der Waals surface area contributed by atoms with Crippen molar-refractivity contribution in [3.8, 4) is 11.5 Å². The molecule has 25 heavy (non-hydrogen) atoms. The number of amides is 2. The molecule has 1 heterocycles. The van der Waals surface area contributed by atoms with Crippen molar-refractivity contribution in [2.75, 3.05) is 13.6 Å². The lowest BCUT2D eigenvalue weighted by atomic mass is 10.2. The van der Waals surface area contributed by atoms with E-state index in [2.05, 4.69) is 10.3 Å². The summed E-state index contributed by atoms with van der Waals surface area (Å²) in [6, 6.07) is 9.95. The van der Waals surface area contributed by atoms with Gasteiger partial charge in [-0.15, -0.1) is 0 Å². The first-order valence-corrected chi connectivity index (χ1v) is 8.58. The van der Waals surface area contributed by atoms with Crippen LogP contribution in [0, 0.1) is 6.92 Å². The first kappa shape index (κ1) is 17.2. The van der Waals surface area contributed by atoms with Crippen molar-refractivity contribution in [2.45, 2.75) is 38.6 Å². The summed E-state index contributed by atoms with van der Waals surface area (Å²) in [4.78, 5) is 30.1. The molecule has 1 aliphatic rings. The Hall–Kier alpha value is -2.63. The molecule has 0 spiro atoms. The van der Waals surface area contributed by atoms with Crippen LogP contribution in [0.5, 0.6) is 0 Å².